The minimum absolute atomic E-state index is 0.120. The van der Waals surface area contributed by atoms with E-state index < -0.39 is 17.8 Å². The summed E-state index contributed by atoms with van der Waals surface area (Å²) in [5.41, 5.74) is 0. The molecule has 2 aliphatic rings. The van der Waals surface area contributed by atoms with E-state index in [4.69, 9.17) is 4.74 Å². The van der Waals surface area contributed by atoms with Crippen LogP contribution in [0.5, 0.6) is 0 Å². The molecule has 1 saturated carbocycles. The molecule has 0 bridgehead atoms. The summed E-state index contributed by atoms with van der Waals surface area (Å²) in [6.07, 6.45) is 3.91. The first kappa shape index (κ1) is 16.2. The summed E-state index contributed by atoms with van der Waals surface area (Å²) in [6.45, 7) is 5.00. The van der Waals surface area contributed by atoms with E-state index in [-0.39, 0.29) is 5.91 Å². The van der Waals surface area contributed by atoms with Gasteiger partial charge in [-0.25, -0.2) is 0 Å². The lowest BCUT2D eigenvalue weighted by Crippen LogP contribution is -2.45. The number of morpholine rings is 1. The van der Waals surface area contributed by atoms with Crippen molar-refractivity contribution in [3.8, 4) is 0 Å². The zero-order valence-corrected chi connectivity index (χ0v) is 12.5. The van der Waals surface area contributed by atoms with Crippen molar-refractivity contribution in [3.05, 3.63) is 0 Å². The molecule has 0 spiro atoms. The van der Waals surface area contributed by atoms with Crippen LogP contribution >= 0.6 is 0 Å². The van der Waals surface area contributed by atoms with Gasteiger partial charge in [-0.15, -0.1) is 0 Å². The number of nitrogens with zero attached hydrogens (tertiary/aromatic N) is 1. The Hall–Kier alpha value is -1.14. The average molecular weight is 297 g/mol. The predicted octanol–water partition coefficient (Wildman–Crippen LogP) is -0.619. The van der Waals surface area contributed by atoms with Crippen LogP contribution in [0.2, 0.25) is 0 Å². The Bertz CT molecular complexity index is 356. The van der Waals surface area contributed by atoms with E-state index >= 15 is 0 Å². The number of hydrogen-bond acceptors (Lipinski definition) is 5. The lowest BCUT2D eigenvalue weighted by molar-refractivity contribution is -0.314. The zero-order chi connectivity index (χ0) is 15.1. The standard InChI is InChI=1S/C15H26N2O4/c18-14(12-4-1-2-5-13(12)15(19)20)16-6-3-7-17-8-10-21-11-9-17/h12-13H,1-11H2,(H,16,18)(H,19,20)/p-1. The summed E-state index contributed by atoms with van der Waals surface area (Å²) in [5.74, 6) is -2.22. The molecule has 2 rings (SSSR count). The van der Waals surface area contributed by atoms with E-state index in [1.165, 1.54) is 0 Å². The van der Waals surface area contributed by atoms with Crippen molar-refractivity contribution in [2.24, 2.45) is 11.8 Å². The van der Waals surface area contributed by atoms with Crippen molar-refractivity contribution in [3.63, 3.8) is 0 Å². The van der Waals surface area contributed by atoms with E-state index in [1.54, 1.807) is 0 Å². The molecule has 1 aliphatic carbocycles. The molecule has 2 fully saturated rings. The maximum absolute atomic E-state index is 12.1. The molecule has 1 aliphatic heterocycles. The van der Waals surface area contributed by atoms with Gasteiger partial charge in [-0.2, -0.15) is 0 Å². The third-order valence-electron chi connectivity index (χ3n) is 4.46. The van der Waals surface area contributed by atoms with Crippen molar-refractivity contribution >= 4 is 11.9 Å². The van der Waals surface area contributed by atoms with Gasteiger partial charge in [-0.1, -0.05) is 12.8 Å². The minimum Gasteiger partial charge on any atom is -0.550 e. The van der Waals surface area contributed by atoms with Gasteiger partial charge < -0.3 is 20.0 Å². The summed E-state index contributed by atoms with van der Waals surface area (Å²) in [5, 5.41) is 14.0. The van der Waals surface area contributed by atoms with E-state index in [0.717, 1.165) is 52.1 Å². The number of aliphatic carboxylic acids is 1. The largest absolute Gasteiger partial charge is 0.550 e. The van der Waals surface area contributed by atoms with Crippen LogP contribution in [0.3, 0.4) is 0 Å². The van der Waals surface area contributed by atoms with Crippen molar-refractivity contribution < 1.29 is 19.4 Å². The van der Waals surface area contributed by atoms with Crippen molar-refractivity contribution in [1.29, 1.82) is 0 Å². The molecule has 1 N–H and O–H groups in total. The monoisotopic (exact) mass is 297 g/mol. The molecule has 0 aromatic rings. The average Bonchev–Trinajstić information content (AvgIpc) is 2.52. The van der Waals surface area contributed by atoms with Crippen LogP contribution in [0.4, 0.5) is 0 Å². The number of carboxylic acids is 1. The Kier molecular flexibility index (Phi) is 6.45. The molecular weight excluding hydrogens is 272 g/mol. The first-order chi connectivity index (χ1) is 10.2. The number of ether oxygens (including phenoxy) is 1. The first-order valence-electron chi connectivity index (χ1n) is 7.97. The highest BCUT2D eigenvalue weighted by Gasteiger charge is 2.31. The molecule has 1 amide bonds. The van der Waals surface area contributed by atoms with Gasteiger partial charge in [-0.05, 0) is 25.8 Å². The van der Waals surface area contributed by atoms with Gasteiger partial charge in [0.25, 0.3) is 0 Å². The maximum atomic E-state index is 12.1. The van der Waals surface area contributed by atoms with Crippen LogP contribution in [-0.4, -0.2) is 56.2 Å². The van der Waals surface area contributed by atoms with Crippen LogP contribution in [0.15, 0.2) is 0 Å². The Labute approximate surface area is 125 Å². The highest BCUT2D eigenvalue weighted by Crippen LogP contribution is 2.29. The van der Waals surface area contributed by atoms with Crippen LogP contribution in [-0.2, 0) is 14.3 Å². The lowest BCUT2D eigenvalue weighted by atomic mass is 9.79. The fourth-order valence-electron chi connectivity index (χ4n) is 3.20. The Balaban J connectivity index is 1.67. The normalized spacial score (nSPS) is 27.2. The molecule has 21 heavy (non-hydrogen) atoms. The predicted molar refractivity (Wildman–Crippen MR) is 75.3 cm³/mol. The fraction of sp³-hybridized carbons (Fsp3) is 0.867. The van der Waals surface area contributed by atoms with Crippen molar-refractivity contribution in [1.82, 2.24) is 10.2 Å². The number of amides is 1. The molecule has 6 nitrogen and oxygen atoms in total. The topological polar surface area (TPSA) is 81.7 Å². The van der Waals surface area contributed by atoms with E-state index in [1.807, 2.05) is 0 Å². The van der Waals surface area contributed by atoms with E-state index in [2.05, 4.69) is 10.2 Å². The van der Waals surface area contributed by atoms with E-state index in [9.17, 15) is 14.7 Å². The van der Waals surface area contributed by atoms with Crippen molar-refractivity contribution in [2.45, 2.75) is 32.1 Å². The third kappa shape index (κ3) is 4.97. The molecule has 0 aromatic heterocycles. The molecule has 0 radical (unpaired) electrons. The molecule has 1 saturated heterocycles. The quantitative estimate of drug-likeness (QED) is 0.661. The van der Waals surface area contributed by atoms with Gasteiger partial charge in [0.2, 0.25) is 5.91 Å². The number of carbonyl (C=O) groups excluding carboxylic acids is 2. The zero-order valence-electron chi connectivity index (χ0n) is 12.5. The van der Waals surface area contributed by atoms with Crippen molar-refractivity contribution in [2.75, 3.05) is 39.4 Å². The summed E-state index contributed by atoms with van der Waals surface area (Å²) < 4.78 is 5.28. The third-order valence-corrected chi connectivity index (χ3v) is 4.46. The number of carbonyl (C=O) groups is 2. The second-order valence-electron chi connectivity index (χ2n) is 5.92. The fourth-order valence-corrected chi connectivity index (χ4v) is 3.20. The van der Waals surface area contributed by atoms with Crippen LogP contribution in [0.1, 0.15) is 32.1 Å². The summed E-state index contributed by atoms with van der Waals surface area (Å²) in [7, 11) is 0. The second kappa shape index (κ2) is 8.34. The SMILES string of the molecule is O=C([O-])C1CCCCC1C(=O)NCCCN1CCOCC1. The second-order valence-corrected chi connectivity index (χ2v) is 5.92. The number of rotatable bonds is 6. The van der Waals surface area contributed by atoms with Crippen LogP contribution in [0.25, 0.3) is 0 Å². The Morgan fingerprint density at radius 3 is 2.48 bits per heavy atom. The molecular formula is C15H25N2O4-. The molecule has 120 valence electrons. The van der Waals surface area contributed by atoms with Crippen LogP contribution < -0.4 is 10.4 Å². The van der Waals surface area contributed by atoms with Gasteiger partial charge in [-0.3, -0.25) is 9.69 Å². The molecule has 1 heterocycles. The maximum Gasteiger partial charge on any atom is 0.223 e. The van der Waals surface area contributed by atoms with E-state index in [0.29, 0.717) is 19.4 Å². The number of hydrogen-bond donors (Lipinski definition) is 1. The molecule has 0 aromatic carbocycles. The van der Waals surface area contributed by atoms with Gasteiger partial charge >= 0.3 is 0 Å². The van der Waals surface area contributed by atoms with Gasteiger partial charge in [0.1, 0.15) is 0 Å². The first-order valence-corrected chi connectivity index (χ1v) is 7.97. The number of nitrogens with one attached hydrogen (secondary N) is 1. The number of carboxylic acid groups (broad SMARTS) is 1. The van der Waals surface area contributed by atoms with Gasteiger partial charge in [0.05, 0.1) is 13.2 Å². The minimum atomic E-state index is -1.08. The van der Waals surface area contributed by atoms with Gasteiger partial charge in [0, 0.05) is 37.4 Å². The molecule has 2 atom stereocenters. The highest BCUT2D eigenvalue weighted by molar-refractivity contribution is 5.84. The molecule has 2 unspecified atom stereocenters. The smallest absolute Gasteiger partial charge is 0.223 e. The lowest BCUT2D eigenvalue weighted by Gasteiger charge is -2.31. The summed E-state index contributed by atoms with van der Waals surface area (Å²) >= 11 is 0. The summed E-state index contributed by atoms with van der Waals surface area (Å²) in [6, 6.07) is 0. The molecule has 6 heteroatoms. The van der Waals surface area contributed by atoms with Gasteiger partial charge in [0.15, 0.2) is 0 Å². The highest BCUT2D eigenvalue weighted by atomic mass is 16.5. The van der Waals surface area contributed by atoms with Crippen LogP contribution in [0, 0.1) is 11.8 Å². The Morgan fingerprint density at radius 1 is 1.14 bits per heavy atom. The Morgan fingerprint density at radius 2 is 1.81 bits per heavy atom. The summed E-state index contributed by atoms with van der Waals surface area (Å²) in [4.78, 5) is 25.5.